The average molecular weight is 292 g/mol. The van der Waals surface area contributed by atoms with Crippen molar-refractivity contribution in [3.63, 3.8) is 0 Å². The molecule has 0 unspecified atom stereocenters. The predicted molar refractivity (Wildman–Crippen MR) is 79.9 cm³/mol. The quantitative estimate of drug-likeness (QED) is 0.880. The molecule has 2 rings (SSSR count). The van der Waals surface area contributed by atoms with Gasteiger partial charge in [-0.1, -0.05) is 13.0 Å². The van der Waals surface area contributed by atoms with Crippen molar-refractivity contribution in [2.75, 3.05) is 23.3 Å². The third-order valence-electron chi connectivity index (χ3n) is 2.95. The predicted octanol–water partition coefficient (Wildman–Crippen LogP) is 3.73. The van der Waals surface area contributed by atoms with Crippen LogP contribution in [0.25, 0.3) is 0 Å². The Bertz CT molecular complexity index is 604. The van der Waals surface area contributed by atoms with Crippen molar-refractivity contribution in [3.8, 4) is 0 Å². The molecule has 1 heterocycles. The summed E-state index contributed by atoms with van der Waals surface area (Å²) in [4.78, 5) is 9.71. The molecule has 21 heavy (non-hydrogen) atoms. The van der Waals surface area contributed by atoms with E-state index in [9.17, 15) is 8.78 Å². The fourth-order valence-electron chi connectivity index (χ4n) is 1.97. The van der Waals surface area contributed by atoms with E-state index in [0.717, 1.165) is 12.6 Å². The zero-order valence-corrected chi connectivity index (χ0v) is 12.1. The maximum atomic E-state index is 14.0. The molecular weight excluding hydrogens is 274 g/mol. The third kappa shape index (κ3) is 3.65. The summed E-state index contributed by atoms with van der Waals surface area (Å²) in [5.41, 5.74) is 0.552. The van der Waals surface area contributed by atoms with Crippen molar-refractivity contribution >= 4 is 17.5 Å². The Kier molecular flexibility index (Phi) is 5.03. The lowest BCUT2D eigenvalue weighted by atomic mass is 10.2. The highest BCUT2D eigenvalue weighted by Crippen LogP contribution is 2.26. The number of halogens is 2. The van der Waals surface area contributed by atoms with Gasteiger partial charge in [-0.15, -0.1) is 0 Å². The van der Waals surface area contributed by atoms with Crippen LogP contribution in [0.1, 0.15) is 20.3 Å². The molecule has 0 saturated heterocycles. The van der Waals surface area contributed by atoms with Crippen molar-refractivity contribution < 1.29 is 8.78 Å². The van der Waals surface area contributed by atoms with Crippen LogP contribution in [-0.4, -0.2) is 23.1 Å². The first-order chi connectivity index (χ1) is 10.2. The minimum Gasteiger partial charge on any atom is -0.354 e. The van der Waals surface area contributed by atoms with E-state index in [-0.39, 0.29) is 11.6 Å². The van der Waals surface area contributed by atoms with Gasteiger partial charge in [0.25, 0.3) is 0 Å². The molecule has 0 aliphatic rings. The van der Waals surface area contributed by atoms with Gasteiger partial charge in [0.15, 0.2) is 11.6 Å². The Morgan fingerprint density at radius 2 is 2.05 bits per heavy atom. The third-order valence-corrected chi connectivity index (χ3v) is 2.95. The molecule has 0 saturated carbocycles. The lowest BCUT2D eigenvalue weighted by Gasteiger charge is -2.22. The largest absolute Gasteiger partial charge is 0.354 e. The summed E-state index contributed by atoms with van der Waals surface area (Å²) in [7, 11) is 0. The monoisotopic (exact) mass is 292 g/mol. The highest BCUT2D eigenvalue weighted by Gasteiger charge is 2.16. The zero-order chi connectivity index (χ0) is 15.2. The number of benzene rings is 1. The van der Waals surface area contributed by atoms with E-state index in [2.05, 4.69) is 15.3 Å². The van der Waals surface area contributed by atoms with E-state index in [1.54, 1.807) is 17.0 Å². The van der Waals surface area contributed by atoms with Gasteiger partial charge in [-0.2, -0.15) is 4.98 Å². The molecule has 0 fully saturated rings. The lowest BCUT2D eigenvalue weighted by Crippen LogP contribution is -2.20. The summed E-state index contributed by atoms with van der Waals surface area (Å²) in [6, 6.07) is 6.00. The van der Waals surface area contributed by atoms with Crippen molar-refractivity contribution in [1.29, 1.82) is 0 Å². The van der Waals surface area contributed by atoms with Crippen LogP contribution in [0, 0.1) is 11.6 Å². The molecular formula is C15H18F2N4. The topological polar surface area (TPSA) is 41.1 Å². The van der Waals surface area contributed by atoms with E-state index in [1.807, 2.05) is 13.8 Å². The van der Waals surface area contributed by atoms with E-state index in [0.29, 0.717) is 24.7 Å². The number of hydrogen-bond donors (Lipinski definition) is 1. The molecule has 2 aromatic rings. The maximum absolute atomic E-state index is 14.0. The molecule has 0 aliphatic carbocycles. The molecule has 0 radical (unpaired) electrons. The van der Waals surface area contributed by atoms with Crippen LogP contribution in [0.15, 0.2) is 30.5 Å². The van der Waals surface area contributed by atoms with Gasteiger partial charge in [0.1, 0.15) is 5.82 Å². The van der Waals surface area contributed by atoms with E-state index in [1.165, 1.54) is 12.1 Å². The SMILES string of the molecule is CCCNc1ncc(F)c(N(CC)c2cccc(F)c2)n1. The van der Waals surface area contributed by atoms with Crippen molar-refractivity contribution in [2.45, 2.75) is 20.3 Å². The summed E-state index contributed by atoms with van der Waals surface area (Å²) in [6.07, 6.45) is 2.04. The Hall–Kier alpha value is -2.24. The van der Waals surface area contributed by atoms with Gasteiger partial charge in [-0.05, 0) is 31.5 Å². The number of anilines is 3. The van der Waals surface area contributed by atoms with Crippen LogP contribution >= 0.6 is 0 Å². The molecule has 0 spiro atoms. The molecule has 6 heteroatoms. The molecule has 1 aromatic heterocycles. The van der Waals surface area contributed by atoms with Gasteiger partial charge < -0.3 is 10.2 Å². The normalized spacial score (nSPS) is 10.5. The average Bonchev–Trinajstić information content (AvgIpc) is 2.48. The van der Waals surface area contributed by atoms with Gasteiger partial charge in [0, 0.05) is 18.8 Å². The number of aromatic nitrogens is 2. The summed E-state index contributed by atoms with van der Waals surface area (Å²) in [5.74, 6) is -0.410. The summed E-state index contributed by atoms with van der Waals surface area (Å²) < 4.78 is 27.4. The Morgan fingerprint density at radius 3 is 2.71 bits per heavy atom. The van der Waals surface area contributed by atoms with Crippen LogP contribution in [0.2, 0.25) is 0 Å². The highest BCUT2D eigenvalue weighted by molar-refractivity contribution is 5.61. The molecule has 0 atom stereocenters. The van der Waals surface area contributed by atoms with Gasteiger partial charge in [-0.3, -0.25) is 0 Å². The highest BCUT2D eigenvalue weighted by atomic mass is 19.1. The van der Waals surface area contributed by atoms with Crippen LogP contribution in [0.5, 0.6) is 0 Å². The van der Waals surface area contributed by atoms with Crippen LogP contribution in [0.3, 0.4) is 0 Å². The smallest absolute Gasteiger partial charge is 0.224 e. The first kappa shape index (κ1) is 15.2. The lowest BCUT2D eigenvalue weighted by molar-refractivity contribution is 0.610. The van der Waals surface area contributed by atoms with E-state index < -0.39 is 5.82 Å². The second kappa shape index (κ2) is 6.97. The summed E-state index contributed by atoms with van der Waals surface area (Å²) >= 11 is 0. The maximum Gasteiger partial charge on any atom is 0.224 e. The molecule has 0 bridgehead atoms. The number of rotatable bonds is 6. The van der Waals surface area contributed by atoms with Gasteiger partial charge >= 0.3 is 0 Å². The Balaban J connectivity index is 2.37. The van der Waals surface area contributed by atoms with Gasteiger partial charge in [0.05, 0.1) is 6.20 Å². The van der Waals surface area contributed by atoms with Gasteiger partial charge in [-0.25, -0.2) is 13.8 Å². The fourth-order valence-corrected chi connectivity index (χ4v) is 1.97. The van der Waals surface area contributed by atoms with Crippen molar-refractivity contribution in [3.05, 3.63) is 42.1 Å². The number of hydrogen-bond acceptors (Lipinski definition) is 4. The first-order valence-electron chi connectivity index (χ1n) is 6.95. The van der Waals surface area contributed by atoms with Gasteiger partial charge in [0.2, 0.25) is 5.95 Å². The minimum absolute atomic E-state index is 0.136. The van der Waals surface area contributed by atoms with Crippen LogP contribution in [-0.2, 0) is 0 Å². The first-order valence-corrected chi connectivity index (χ1v) is 6.95. The minimum atomic E-state index is -0.539. The Labute approximate surface area is 122 Å². The molecule has 1 N–H and O–H groups in total. The van der Waals surface area contributed by atoms with Crippen molar-refractivity contribution in [1.82, 2.24) is 9.97 Å². The molecule has 0 aliphatic heterocycles. The van der Waals surface area contributed by atoms with E-state index >= 15 is 0 Å². The number of nitrogens with one attached hydrogen (secondary N) is 1. The second-order valence-electron chi connectivity index (χ2n) is 4.52. The fraction of sp³-hybridized carbons (Fsp3) is 0.333. The standard InChI is InChI=1S/C15H18F2N4/c1-3-8-18-15-19-10-13(17)14(20-15)21(4-2)12-7-5-6-11(16)9-12/h5-7,9-10H,3-4,8H2,1-2H3,(H,18,19,20). The summed E-state index contributed by atoms with van der Waals surface area (Å²) in [6.45, 7) is 5.04. The molecule has 4 nitrogen and oxygen atoms in total. The zero-order valence-electron chi connectivity index (χ0n) is 12.1. The van der Waals surface area contributed by atoms with Crippen LogP contribution in [0.4, 0.5) is 26.2 Å². The molecule has 0 amide bonds. The molecule has 112 valence electrons. The Morgan fingerprint density at radius 1 is 1.24 bits per heavy atom. The van der Waals surface area contributed by atoms with E-state index in [4.69, 9.17) is 0 Å². The van der Waals surface area contributed by atoms with Crippen LogP contribution < -0.4 is 10.2 Å². The van der Waals surface area contributed by atoms with Crippen molar-refractivity contribution in [2.24, 2.45) is 0 Å². The number of nitrogens with zero attached hydrogens (tertiary/aromatic N) is 3. The molecule has 1 aromatic carbocycles. The second-order valence-corrected chi connectivity index (χ2v) is 4.52. The summed E-state index contributed by atoms with van der Waals surface area (Å²) in [5, 5.41) is 3.01.